The molecule has 142 valence electrons. The molecule has 3 nitrogen and oxygen atoms in total. The van der Waals surface area contributed by atoms with Crippen LogP contribution >= 0.6 is 23.8 Å². The van der Waals surface area contributed by atoms with E-state index < -0.39 is 0 Å². The Labute approximate surface area is 172 Å². The summed E-state index contributed by atoms with van der Waals surface area (Å²) in [6.07, 6.45) is 0. The van der Waals surface area contributed by atoms with E-state index in [9.17, 15) is 0 Å². The molecule has 3 rings (SSSR count). The standard InChI is InChI=1S/C22H26ClN3S/c1-17(2)16-24-22(27)26-14-12-25(13-15-26)21(18-8-4-3-5-9-18)19-10-6-7-11-20(19)23/h3-11,21H,1,12-16H2,2H3,(H,24,27)/t21-/m1/s1. The lowest BCUT2D eigenvalue weighted by Gasteiger charge is -2.41. The molecule has 0 aromatic heterocycles. The van der Waals surface area contributed by atoms with Crippen molar-refractivity contribution in [2.24, 2.45) is 0 Å². The van der Waals surface area contributed by atoms with Crippen LogP contribution in [-0.4, -0.2) is 47.6 Å². The van der Waals surface area contributed by atoms with Crippen molar-refractivity contribution >= 4 is 28.9 Å². The zero-order valence-electron chi connectivity index (χ0n) is 15.7. The molecule has 1 saturated heterocycles. The van der Waals surface area contributed by atoms with Crippen LogP contribution < -0.4 is 5.32 Å². The van der Waals surface area contributed by atoms with E-state index in [4.69, 9.17) is 23.8 Å². The Hall–Kier alpha value is -1.88. The van der Waals surface area contributed by atoms with Gasteiger partial charge in [0, 0.05) is 37.7 Å². The van der Waals surface area contributed by atoms with Crippen LogP contribution in [0.25, 0.3) is 0 Å². The van der Waals surface area contributed by atoms with Crippen molar-refractivity contribution in [1.82, 2.24) is 15.1 Å². The van der Waals surface area contributed by atoms with Gasteiger partial charge in [0.25, 0.3) is 0 Å². The molecule has 1 N–H and O–H groups in total. The quantitative estimate of drug-likeness (QED) is 0.589. The Morgan fingerprint density at radius 3 is 2.33 bits per heavy atom. The molecule has 0 bridgehead atoms. The monoisotopic (exact) mass is 399 g/mol. The Bertz CT molecular complexity index is 785. The van der Waals surface area contributed by atoms with Crippen LogP contribution in [0.3, 0.4) is 0 Å². The first-order chi connectivity index (χ1) is 13.1. The van der Waals surface area contributed by atoms with Gasteiger partial charge in [-0.3, -0.25) is 4.90 Å². The molecule has 1 atom stereocenters. The van der Waals surface area contributed by atoms with Gasteiger partial charge in [0.05, 0.1) is 6.04 Å². The molecular weight excluding hydrogens is 374 g/mol. The van der Waals surface area contributed by atoms with Gasteiger partial charge in [-0.1, -0.05) is 72.3 Å². The van der Waals surface area contributed by atoms with E-state index in [0.29, 0.717) is 0 Å². The number of nitrogens with one attached hydrogen (secondary N) is 1. The van der Waals surface area contributed by atoms with Crippen molar-refractivity contribution in [2.45, 2.75) is 13.0 Å². The molecule has 0 spiro atoms. The number of thiocarbonyl (C=S) groups is 1. The summed E-state index contributed by atoms with van der Waals surface area (Å²) in [4.78, 5) is 4.73. The van der Waals surface area contributed by atoms with E-state index in [-0.39, 0.29) is 6.04 Å². The van der Waals surface area contributed by atoms with E-state index in [0.717, 1.165) is 54.0 Å². The lowest BCUT2D eigenvalue weighted by Crippen LogP contribution is -2.52. The van der Waals surface area contributed by atoms with Crippen LogP contribution in [0.2, 0.25) is 5.02 Å². The largest absolute Gasteiger partial charge is 0.359 e. The molecule has 27 heavy (non-hydrogen) atoms. The number of halogens is 1. The van der Waals surface area contributed by atoms with Gasteiger partial charge >= 0.3 is 0 Å². The second-order valence-corrected chi connectivity index (χ2v) is 7.77. The van der Waals surface area contributed by atoms with E-state index >= 15 is 0 Å². The van der Waals surface area contributed by atoms with Gasteiger partial charge in [-0.15, -0.1) is 0 Å². The van der Waals surface area contributed by atoms with Gasteiger partial charge in [0.2, 0.25) is 0 Å². The number of nitrogens with zero attached hydrogens (tertiary/aromatic N) is 2. The molecule has 2 aromatic carbocycles. The normalized spacial score (nSPS) is 16.0. The molecule has 1 aliphatic rings. The highest BCUT2D eigenvalue weighted by Crippen LogP contribution is 2.33. The first-order valence-electron chi connectivity index (χ1n) is 9.27. The maximum atomic E-state index is 6.56. The molecule has 0 amide bonds. The molecule has 5 heteroatoms. The van der Waals surface area contributed by atoms with Crippen LogP contribution in [0.1, 0.15) is 24.1 Å². The molecule has 0 aliphatic carbocycles. The highest BCUT2D eigenvalue weighted by Gasteiger charge is 2.28. The number of piperazine rings is 1. The Balaban J connectivity index is 1.75. The first kappa shape index (κ1) is 19.9. The average Bonchev–Trinajstić information content (AvgIpc) is 2.69. The number of hydrogen-bond acceptors (Lipinski definition) is 2. The second-order valence-electron chi connectivity index (χ2n) is 6.97. The SMILES string of the molecule is C=C(C)CNC(=S)N1CCN([C@H](c2ccccc2)c2ccccc2Cl)CC1. The molecular formula is C22H26ClN3S. The predicted molar refractivity (Wildman–Crippen MR) is 118 cm³/mol. The van der Waals surface area contributed by atoms with E-state index in [1.165, 1.54) is 5.56 Å². The highest BCUT2D eigenvalue weighted by molar-refractivity contribution is 7.80. The van der Waals surface area contributed by atoms with Gasteiger partial charge in [0.15, 0.2) is 5.11 Å². The van der Waals surface area contributed by atoms with Crippen LogP contribution in [0.4, 0.5) is 0 Å². The van der Waals surface area contributed by atoms with Crippen LogP contribution in [0.5, 0.6) is 0 Å². The maximum Gasteiger partial charge on any atom is 0.169 e. The molecule has 0 unspecified atom stereocenters. The summed E-state index contributed by atoms with van der Waals surface area (Å²) in [5, 5.41) is 4.91. The van der Waals surface area contributed by atoms with E-state index in [1.54, 1.807) is 0 Å². The molecule has 0 radical (unpaired) electrons. The summed E-state index contributed by atoms with van der Waals surface area (Å²) in [6.45, 7) is 10.3. The highest BCUT2D eigenvalue weighted by atomic mass is 35.5. The fraction of sp³-hybridized carbons (Fsp3) is 0.318. The van der Waals surface area contributed by atoms with Gasteiger partial charge in [0.1, 0.15) is 0 Å². The summed E-state index contributed by atoms with van der Waals surface area (Å²) in [7, 11) is 0. The van der Waals surface area contributed by atoms with Crippen LogP contribution in [0.15, 0.2) is 66.7 Å². The van der Waals surface area contributed by atoms with Crippen molar-refractivity contribution in [3.05, 3.63) is 82.9 Å². The van der Waals surface area contributed by atoms with E-state index in [1.807, 2.05) is 19.1 Å². The fourth-order valence-electron chi connectivity index (χ4n) is 3.44. The topological polar surface area (TPSA) is 18.5 Å². The first-order valence-corrected chi connectivity index (χ1v) is 10.1. The van der Waals surface area contributed by atoms with Gasteiger partial charge < -0.3 is 10.2 Å². The van der Waals surface area contributed by atoms with Crippen molar-refractivity contribution in [3.63, 3.8) is 0 Å². The van der Waals surface area contributed by atoms with E-state index in [2.05, 4.69) is 64.2 Å². The zero-order chi connectivity index (χ0) is 19.2. The summed E-state index contributed by atoms with van der Waals surface area (Å²) >= 11 is 12.1. The second kappa shape index (κ2) is 9.36. The third kappa shape index (κ3) is 5.10. The minimum atomic E-state index is 0.152. The third-order valence-electron chi connectivity index (χ3n) is 4.82. The lowest BCUT2D eigenvalue weighted by molar-refractivity contribution is 0.150. The Kier molecular flexibility index (Phi) is 6.89. The smallest absolute Gasteiger partial charge is 0.169 e. The Morgan fingerprint density at radius 1 is 1.07 bits per heavy atom. The van der Waals surface area contributed by atoms with Crippen molar-refractivity contribution < 1.29 is 0 Å². The van der Waals surface area contributed by atoms with Crippen LogP contribution in [-0.2, 0) is 0 Å². The number of rotatable bonds is 5. The molecule has 2 aromatic rings. The molecule has 1 heterocycles. The van der Waals surface area contributed by atoms with Gasteiger partial charge in [-0.2, -0.15) is 0 Å². The van der Waals surface area contributed by atoms with Crippen molar-refractivity contribution in [1.29, 1.82) is 0 Å². The minimum Gasteiger partial charge on any atom is -0.359 e. The predicted octanol–water partition coefficient (Wildman–Crippen LogP) is 4.50. The summed E-state index contributed by atoms with van der Waals surface area (Å²) < 4.78 is 0. The number of hydrogen-bond donors (Lipinski definition) is 1. The minimum absolute atomic E-state index is 0.152. The number of benzene rings is 2. The van der Waals surface area contributed by atoms with Crippen LogP contribution in [0, 0.1) is 0 Å². The average molecular weight is 400 g/mol. The van der Waals surface area contributed by atoms with Crippen molar-refractivity contribution in [3.8, 4) is 0 Å². The molecule has 1 aliphatic heterocycles. The third-order valence-corrected chi connectivity index (χ3v) is 5.57. The van der Waals surface area contributed by atoms with Crippen molar-refractivity contribution in [2.75, 3.05) is 32.7 Å². The molecule has 0 saturated carbocycles. The Morgan fingerprint density at radius 2 is 1.70 bits per heavy atom. The summed E-state index contributed by atoms with van der Waals surface area (Å²) in [5.74, 6) is 0. The lowest BCUT2D eigenvalue weighted by atomic mass is 9.96. The molecule has 1 fully saturated rings. The summed E-state index contributed by atoms with van der Waals surface area (Å²) in [5.41, 5.74) is 3.50. The fourth-order valence-corrected chi connectivity index (χ4v) is 3.93. The maximum absolute atomic E-state index is 6.56. The summed E-state index contributed by atoms with van der Waals surface area (Å²) in [6, 6.07) is 18.9. The van der Waals surface area contributed by atoms with Gasteiger partial charge in [-0.25, -0.2) is 0 Å². The van der Waals surface area contributed by atoms with Gasteiger partial charge in [-0.05, 0) is 36.3 Å². The zero-order valence-corrected chi connectivity index (χ0v) is 17.3.